The molecule has 0 spiro atoms. The Kier molecular flexibility index (Phi) is 16.3. The molecule has 1 amide bonds. The van der Waals surface area contributed by atoms with E-state index in [1.807, 2.05) is 30.3 Å². The van der Waals surface area contributed by atoms with Crippen molar-refractivity contribution in [1.29, 1.82) is 0 Å². The number of methoxy groups -OCH3 is 1. The van der Waals surface area contributed by atoms with Gasteiger partial charge in [-0.15, -0.1) is 24.8 Å². The number of ether oxygens (including phenoxy) is 1. The largest absolute Gasteiger partial charge is 0.385 e. The number of amides is 1. The monoisotopic (exact) mass is 337 g/mol. The summed E-state index contributed by atoms with van der Waals surface area (Å²) in [4.78, 5) is 11.4. The number of carbonyl (C=O) groups is 1. The van der Waals surface area contributed by atoms with Gasteiger partial charge in [0.15, 0.2) is 0 Å². The average molecular weight is 338 g/mol. The maximum Gasteiger partial charge on any atom is 0.233 e. The highest BCUT2D eigenvalue weighted by atomic mass is 35.5. The van der Waals surface area contributed by atoms with Gasteiger partial charge in [0, 0.05) is 32.4 Å². The molecule has 1 rings (SSSR count). The van der Waals surface area contributed by atoms with Gasteiger partial charge in [0.1, 0.15) is 0 Å². The summed E-state index contributed by atoms with van der Waals surface area (Å²) in [5.74, 6) is 0.0239. The van der Waals surface area contributed by atoms with Gasteiger partial charge in [0.2, 0.25) is 5.91 Å². The van der Waals surface area contributed by atoms with Crippen LogP contribution in [0, 0.1) is 0 Å². The normalized spacial score (nSPS) is 9.19. The molecule has 0 heterocycles. The second-order valence-corrected chi connectivity index (χ2v) is 4.17. The number of para-hydroxylation sites is 1. The van der Waals surface area contributed by atoms with E-state index in [4.69, 9.17) is 4.74 Å². The van der Waals surface area contributed by atoms with Gasteiger partial charge in [-0.25, -0.2) is 0 Å². The Morgan fingerprint density at radius 3 is 2.48 bits per heavy atom. The van der Waals surface area contributed by atoms with Crippen LogP contribution in [0.1, 0.15) is 6.42 Å². The highest BCUT2D eigenvalue weighted by molar-refractivity contribution is 5.85. The zero-order valence-corrected chi connectivity index (χ0v) is 13.9. The number of anilines is 1. The molecule has 0 bridgehead atoms. The molecule has 0 aliphatic rings. The minimum absolute atomic E-state index is 0. The topological polar surface area (TPSA) is 62.4 Å². The second kappa shape index (κ2) is 15.4. The van der Waals surface area contributed by atoms with Gasteiger partial charge in [-0.3, -0.25) is 4.79 Å². The van der Waals surface area contributed by atoms with Crippen LogP contribution in [0.3, 0.4) is 0 Å². The van der Waals surface area contributed by atoms with Crippen molar-refractivity contribution in [3.63, 3.8) is 0 Å². The number of benzene rings is 1. The summed E-state index contributed by atoms with van der Waals surface area (Å²) in [6.45, 7) is 3.19. The van der Waals surface area contributed by atoms with Crippen LogP contribution in [0.15, 0.2) is 30.3 Å². The van der Waals surface area contributed by atoms with Crippen molar-refractivity contribution in [2.75, 3.05) is 45.2 Å². The fraction of sp³-hybridized carbons (Fsp3) is 0.500. The lowest BCUT2D eigenvalue weighted by Crippen LogP contribution is -2.36. The molecule has 0 aromatic heterocycles. The third-order valence-corrected chi connectivity index (χ3v) is 2.55. The third kappa shape index (κ3) is 12.4. The summed E-state index contributed by atoms with van der Waals surface area (Å²) in [6.07, 6.45) is 0.901. The zero-order chi connectivity index (χ0) is 13.8. The lowest BCUT2D eigenvalue weighted by atomic mass is 10.3. The lowest BCUT2D eigenvalue weighted by Gasteiger charge is -2.08. The summed E-state index contributed by atoms with van der Waals surface area (Å²) in [6, 6.07) is 10.0. The first-order chi connectivity index (χ1) is 9.33. The van der Waals surface area contributed by atoms with E-state index in [9.17, 15) is 4.79 Å². The van der Waals surface area contributed by atoms with E-state index in [1.165, 1.54) is 0 Å². The maximum atomic E-state index is 11.4. The lowest BCUT2D eigenvalue weighted by molar-refractivity contribution is -0.120. The average Bonchev–Trinajstić information content (AvgIpc) is 2.44. The summed E-state index contributed by atoms with van der Waals surface area (Å²) >= 11 is 0. The van der Waals surface area contributed by atoms with Crippen LogP contribution in [-0.4, -0.2) is 45.8 Å². The van der Waals surface area contributed by atoms with Gasteiger partial charge in [0.05, 0.1) is 13.2 Å². The molecule has 0 radical (unpaired) electrons. The van der Waals surface area contributed by atoms with Crippen molar-refractivity contribution in [3.8, 4) is 0 Å². The van der Waals surface area contributed by atoms with Gasteiger partial charge in [-0.2, -0.15) is 0 Å². The molecule has 122 valence electrons. The molecule has 0 fully saturated rings. The Morgan fingerprint density at radius 2 is 1.81 bits per heavy atom. The maximum absolute atomic E-state index is 11.4. The molecule has 0 atom stereocenters. The predicted molar refractivity (Wildman–Crippen MR) is 91.8 cm³/mol. The third-order valence-electron chi connectivity index (χ3n) is 2.55. The van der Waals surface area contributed by atoms with E-state index in [2.05, 4.69) is 16.0 Å². The Morgan fingerprint density at radius 1 is 1.10 bits per heavy atom. The van der Waals surface area contributed by atoms with Crippen LogP contribution in [0.5, 0.6) is 0 Å². The van der Waals surface area contributed by atoms with Crippen molar-refractivity contribution < 1.29 is 9.53 Å². The quantitative estimate of drug-likeness (QED) is 0.568. The standard InChI is InChI=1S/C14H23N3O2.2ClH/c1-19-11-10-15-12-14(18)17-9-5-8-16-13-6-3-2-4-7-13;;/h2-4,6-7,15-16H,5,8-12H2,1H3,(H,17,18);2*1H. The van der Waals surface area contributed by atoms with Crippen molar-refractivity contribution >= 4 is 36.4 Å². The van der Waals surface area contributed by atoms with E-state index in [0.29, 0.717) is 26.2 Å². The molecule has 0 saturated heterocycles. The van der Waals surface area contributed by atoms with Crippen LogP contribution in [0.25, 0.3) is 0 Å². The molecule has 0 saturated carbocycles. The van der Waals surface area contributed by atoms with Gasteiger partial charge >= 0.3 is 0 Å². The number of rotatable bonds is 10. The molecule has 1 aromatic carbocycles. The number of hydrogen-bond donors (Lipinski definition) is 3. The van der Waals surface area contributed by atoms with E-state index in [1.54, 1.807) is 7.11 Å². The molecule has 7 heteroatoms. The molecule has 0 aliphatic carbocycles. The van der Waals surface area contributed by atoms with Crippen LogP contribution in [0.2, 0.25) is 0 Å². The summed E-state index contributed by atoms with van der Waals surface area (Å²) in [7, 11) is 1.64. The first kappa shape index (κ1) is 22.3. The summed E-state index contributed by atoms with van der Waals surface area (Å²) < 4.78 is 4.88. The highest BCUT2D eigenvalue weighted by Crippen LogP contribution is 2.03. The van der Waals surface area contributed by atoms with Gasteiger partial charge in [-0.1, -0.05) is 18.2 Å². The minimum Gasteiger partial charge on any atom is -0.385 e. The van der Waals surface area contributed by atoms with Crippen LogP contribution >= 0.6 is 24.8 Å². The number of hydrogen-bond acceptors (Lipinski definition) is 4. The number of halogens is 2. The molecule has 1 aromatic rings. The van der Waals surface area contributed by atoms with Crippen molar-refractivity contribution in [2.45, 2.75) is 6.42 Å². The first-order valence-electron chi connectivity index (χ1n) is 6.58. The zero-order valence-electron chi connectivity index (χ0n) is 12.3. The summed E-state index contributed by atoms with van der Waals surface area (Å²) in [5.41, 5.74) is 1.11. The Hall–Kier alpha value is -1.01. The van der Waals surface area contributed by atoms with Crippen molar-refractivity contribution in [2.24, 2.45) is 0 Å². The Bertz CT molecular complexity index is 353. The minimum atomic E-state index is 0. The van der Waals surface area contributed by atoms with E-state index in [0.717, 1.165) is 18.7 Å². The number of carbonyl (C=O) groups excluding carboxylic acids is 1. The Labute approximate surface area is 139 Å². The van der Waals surface area contributed by atoms with E-state index >= 15 is 0 Å². The van der Waals surface area contributed by atoms with Crippen molar-refractivity contribution in [1.82, 2.24) is 10.6 Å². The SMILES string of the molecule is COCCNCC(=O)NCCCNc1ccccc1.Cl.Cl. The van der Waals surface area contributed by atoms with Gasteiger partial charge in [0.25, 0.3) is 0 Å². The molecular formula is C14H25Cl2N3O2. The molecule has 0 aliphatic heterocycles. The molecule has 5 nitrogen and oxygen atoms in total. The fourth-order valence-electron chi connectivity index (χ4n) is 1.54. The van der Waals surface area contributed by atoms with Gasteiger partial charge < -0.3 is 20.7 Å². The van der Waals surface area contributed by atoms with Crippen LogP contribution < -0.4 is 16.0 Å². The second-order valence-electron chi connectivity index (χ2n) is 4.17. The van der Waals surface area contributed by atoms with Crippen LogP contribution in [-0.2, 0) is 9.53 Å². The molecule has 3 N–H and O–H groups in total. The predicted octanol–water partition coefficient (Wildman–Crippen LogP) is 1.68. The smallest absolute Gasteiger partial charge is 0.233 e. The molecule has 21 heavy (non-hydrogen) atoms. The molecule has 0 unspecified atom stereocenters. The fourth-order valence-corrected chi connectivity index (χ4v) is 1.54. The van der Waals surface area contributed by atoms with E-state index < -0.39 is 0 Å². The number of nitrogens with one attached hydrogen (secondary N) is 3. The summed E-state index contributed by atoms with van der Waals surface area (Å²) in [5, 5.41) is 9.16. The van der Waals surface area contributed by atoms with Gasteiger partial charge in [-0.05, 0) is 18.6 Å². The van der Waals surface area contributed by atoms with E-state index in [-0.39, 0.29) is 30.7 Å². The first-order valence-corrected chi connectivity index (χ1v) is 6.58. The van der Waals surface area contributed by atoms with Crippen molar-refractivity contribution in [3.05, 3.63) is 30.3 Å². The highest BCUT2D eigenvalue weighted by Gasteiger charge is 1.98. The Balaban J connectivity index is 0. The van der Waals surface area contributed by atoms with Crippen LogP contribution in [0.4, 0.5) is 5.69 Å². The molecular weight excluding hydrogens is 313 g/mol.